The summed E-state index contributed by atoms with van der Waals surface area (Å²) >= 11 is 0. The molecule has 6 atom stereocenters. The van der Waals surface area contributed by atoms with Gasteiger partial charge in [0, 0.05) is 19.4 Å². The molecule has 3 aromatic rings. The molecule has 1 aromatic heterocycles. The van der Waals surface area contributed by atoms with Crippen LogP contribution in [0.15, 0.2) is 48.7 Å². The van der Waals surface area contributed by atoms with E-state index in [4.69, 9.17) is 4.74 Å². The van der Waals surface area contributed by atoms with Gasteiger partial charge in [0.25, 0.3) is 0 Å². The Morgan fingerprint density at radius 2 is 1.81 bits per heavy atom. The third-order valence-electron chi connectivity index (χ3n) is 8.89. The Hall–Kier alpha value is -4.89. The van der Waals surface area contributed by atoms with Crippen molar-refractivity contribution >= 4 is 40.4 Å². The zero-order chi connectivity index (χ0) is 34.5. The van der Waals surface area contributed by atoms with Gasteiger partial charge in [0.1, 0.15) is 23.8 Å². The van der Waals surface area contributed by atoms with Crippen LogP contribution in [0.2, 0.25) is 0 Å². The number of aromatic nitrogens is 3. The molecule has 15 heteroatoms. The Kier molecular flexibility index (Phi) is 10.7. The van der Waals surface area contributed by atoms with Crippen LogP contribution in [0, 0.1) is 5.92 Å². The van der Waals surface area contributed by atoms with Crippen LogP contribution >= 0.6 is 0 Å². The first-order valence-electron chi connectivity index (χ1n) is 16.0. The number of likely N-dealkylation sites (tertiary alicyclic amines) is 1. The van der Waals surface area contributed by atoms with E-state index in [2.05, 4.69) is 31.6 Å². The number of carboxylic acid groups (broad SMARTS) is 1. The summed E-state index contributed by atoms with van der Waals surface area (Å²) in [6.07, 6.45) is 1.84. The largest absolute Gasteiger partial charge is 0.480 e. The van der Waals surface area contributed by atoms with Crippen molar-refractivity contribution in [1.82, 2.24) is 41.2 Å². The van der Waals surface area contributed by atoms with E-state index in [-0.39, 0.29) is 44.4 Å². The highest BCUT2D eigenvalue weighted by Gasteiger charge is 2.45. The summed E-state index contributed by atoms with van der Waals surface area (Å²) < 4.78 is 7.16. The van der Waals surface area contributed by atoms with Gasteiger partial charge in [0.05, 0.1) is 31.5 Å². The molecule has 5 N–H and O–H groups in total. The molecule has 4 amide bonds. The van der Waals surface area contributed by atoms with Gasteiger partial charge in [0.2, 0.25) is 23.6 Å². The number of benzene rings is 2. The summed E-state index contributed by atoms with van der Waals surface area (Å²) in [5, 5.41) is 31.1. The highest BCUT2D eigenvalue weighted by Crippen LogP contribution is 2.29. The summed E-state index contributed by atoms with van der Waals surface area (Å²) in [6.45, 7) is 4.98. The number of ether oxygens (including phenoxy) is 1. The van der Waals surface area contributed by atoms with Crippen molar-refractivity contribution in [2.45, 2.75) is 76.5 Å². The number of amides is 4. The van der Waals surface area contributed by atoms with Gasteiger partial charge in [-0.1, -0.05) is 61.5 Å². The fourth-order valence-electron chi connectivity index (χ4n) is 5.96. The standard InChI is InChI=1S/C33H42N8O7/c1-18(2)28(37-29(42)19(3)34-4)32(45)40-15-24-13-27(40)31(44)35-25(12-20-9-10-21-7-5-6-8-22(21)11-20)30(43)36-26(33(46)47)17-48-16-23-14-41(24)39-38-23/h5-11,14,18-19,24-28,34H,12-13,15-17H2,1-4H3,(H,35,44)(H,36,43)(H,37,42)(H,46,47). The van der Waals surface area contributed by atoms with Gasteiger partial charge in [0.15, 0.2) is 6.04 Å². The van der Waals surface area contributed by atoms with Crippen LogP contribution in [0.4, 0.5) is 0 Å². The minimum Gasteiger partial charge on any atom is -0.480 e. The van der Waals surface area contributed by atoms with Crippen molar-refractivity contribution in [2.24, 2.45) is 5.92 Å². The van der Waals surface area contributed by atoms with Crippen LogP contribution in [0.5, 0.6) is 0 Å². The number of fused-ring (bicyclic) bond motifs is 6. The maximum Gasteiger partial charge on any atom is 0.328 e. The number of rotatable bonds is 8. The summed E-state index contributed by atoms with van der Waals surface area (Å²) in [7, 11) is 1.64. The number of nitrogens with one attached hydrogen (secondary N) is 4. The second-order valence-electron chi connectivity index (χ2n) is 12.7. The lowest BCUT2D eigenvalue weighted by molar-refractivity contribution is -0.145. The molecule has 15 nitrogen and oxygen atoms in total. The molecule has 2 aromatic carbocycles. The molecule has 0 spiro atoms. The highest BCUT2D eigenvalue weighted by atomic mass is 16.5. The fourth-order valence-corrected chi connectivity index (χ4v) is 5.96. The van der Waals surface area contributed by atoms with Crippen molar-refractivity contribution in [3.8, 4) is 0 Å². The second kappa shape index (κ2) is 14.9. The monoisotopic (exact) mass is 662 g/mol. The van der Waals surface area contributed by atoms with Gasteiger partial charge in [-0.2, -0.15) is 0 Å². The van der Waals surface area contributed by atoms with Gasteiger partial charge < -0.3 is 36.0 Å². The summed E-state index contributed by atoms with van der Waals surface area (Å²) in [5.74, 6) is -3.74. The SMILES string of the molecule is CNC(C)C(=O)NC(C(=O)N1CC2CC1C(=O)NC(Cc1ccc3ccccc3c1)C(=O)NC(C(=O)O)COCc1cn2nn1)C(C)C. The first kappa shape index (κ1) is 34.4. The molecule has 256 valence electrons. The van der Waals surface area contributed by atoms with Crippen LogP contribution in [0.3, 0.4) is 0 Å². The minimum absolute atomic E-state index is 0.0539. The van der Waals surface area contributed by atoms with E-state index in [1.54, 1.807) is 38.7 Å². The van der Waals surface area contributed by atoms with Crippen molar-refractivity contribution in [2.75, 3.05) is 20.2 Å². The Bertz CT molecular complexity index is 1680. The molecule has 48 heavy (non-hydrogen) atoms. The van der Waals surface area contributed by atoms with E-state index in [0.717, 1.165) is 16.3 Å². The average Bonchev–Trinajstić information content (AvgIpc) is 3.73. The Morgan fingerprint density at radius 3 is 2.52 bits per heavy atom. The summed E-state index contributed by atoms with van der Waals surface area (Å²) in [6, 6.07) is 7.83. The Balaban J connectivity index is 1.49. The van der Waals surface area contributed by atoms with Gasteiger partial charge in [-0.25, -0.2) is 9.48 Å². The first-order chi connectivity index (χ1) is 22.9. The number of hydrogen-bond acceptors (Lipinski definition) is 9. The zero-order valence-corrected chi connectivity index (χ0v) is 27.4. The molecule has 5 rings (SSSR count). The molecule has 1 saturated heterocycles. The third kappa shape index (κ3) is 7.80. The maximum atomic E-state index is 14.2. The summed E-state index contributed by atoms with van der Waals surface area (Å²) in [4.78, 5) is 68.3. The second-order valence-corrected chi connectivity index (χ2v) is 12.7. The lowest BCUT2D eigenvalue weighted by Crippen LogP contribution is -2.59. The van der Waals surface area contributed by atoms with E-state index < -0.39 is 59.9 Å². The number of carbonyl (C=O) groups is 5. The number of hydrogen-bond donors (Lipinski definition) is 5. The van der Waals surface area contributed by atoms with E-state index in [9.17, 15) is 29.1 Å². The van der Waals surface area contributed by atoms with E-state index in [1.807, 2.05) is 42.5 Å². The maximum absolute atomic E-state index is 14.2. The lowest BCUT2D eigenvalue weighted by Gasteiger charge is -2.32. The van der Waals surface area contributed by atoms with Gasteiger partial charge in [-0.05, 0) is 36.2 Å². The van der Waals surface area contributed by atoms with Gasteiger partial charge in [-0.3, -0.25) is 19.2 Å². The van der Waals surface area contributed by atoms with Crippen LogP contribution < -0.4 is 21.3 Å². The number of likely N-dealkylation sites (N-methyl/N-ethyl adjacent to an activating group) is 1. The zero-order valence-electron chi connectivity index (χ0n) is 27.4. The van der Waals surface area contributed by atoms with Crippen molar-refractivity contribution in [1.29, 1.82) is 0 Å². The minimum atomic E-state index is -1.40. The molecule has 4 bridgehead atoms. The van der Waals surface area contributed by atoms with Crippen molar-refractivity contribution in [3.63, 3.8) is 0 Å². The quantitative estimate of drug-likeness (QED) is 0.221. The van der Waals surface area contributed by atoms with Crippen LogP contribution in [-0.4, -0.2) is 105 Å². The smallest absolute Gasteiger partial charge is 0.328 e. The lowest BCUT2D eigenvalue weighted by atomic mass is 10.00. The van der Waals surface area contributed by atoms with Crippen molar-refractivity contribution in [3.05, 3.63) is 59.9 Å². The third-order valence-corrected chi connectivity index (χ3v) is 8.89. The number of nitrogens with zero attached hydrogens (tertiary/aromatic N) is 4. The van der Waals surface area contributed by atoms with E-state index >= 15 is 0 Å². The fraction of sp³-hybridized carbons (Fsp3) is 0.485. The molecule has 6 unspecified atom stereocenters. The molecule has 3 heterocycles. The predicted molar refractivity (Wildman–Crippen MR) is 173 cm³/mol. The number of aliphatic carboxylic acids is 1. The van der Waals surface area contributed by atoms with Crippen molar-refractivity contribution < 1.29 is 33.8 Å². The molecule has 2 aliphatic rings. The Morgan fingerprint density at radius 1 is 1.06 bits per heavy atom. The highest BCUT2D eigenvalue weighted by molar-refractivity contribution is 5.96. The summed E-state index contributed by atoms with van der Waals surface area (Å²) in [5.41, 5.74) is 1.15. The van der Waals surface area contributed by atoms with Gasteiger partial charge in [-0.15, -0.1) is 5.10 Å². The van der Waals surface area contributed by atoms with Crippen LogP contribution in [0.1, 0.15) is 44.5 Å². The molecule has 0 radical (unpaired) electrons. The van der Waals surface area contributed by atoms with Crippen LogP contribution in [-0.2, 0) is 41.7 Å². The normalized spacial score (nSPS) is 23.1. The molecular weight excluding hydrogens is 620 g/mol. The van der Waals surface area contributed by atoms with Gasteiger partial charge >= 0.3 is 5.97 Å². The Labute approximate surface area is 277 Å². The van der Waals surface area contributed by atoms with E-state index in [1.165, 1.54) is 4.90 Å². The molecule has 1 fully saturated rings. The molecule has 0 aliphatic carbocycles. The topological polar surface area (TPSA) is 197 Å². The molecule has 0 saturated carbocycles. The average molecular weight is 663 g/mol. The first-order valence-corrected chi connectivity index (χ1v) is 16.0. The molecular formula is C33H42N8O7. The number of carboxylic acids is 1. The predicted octanol–water partition coefficient (Wildman–Crippen LogP) is 0.149. The van der Waals surface area contributed by atoms with E-state index in [0.29, 0.717) is 5.69 Å². The van der Waals surface area contributed by atoms with Crippen LogP contribution in [0.25, 0.3) is 10.8 Å². The number of carbonyl (C=O) groups excluding carboxylic acids is 4. The molecule has 2 aliphatic heterocycles.